The molecule has 1 saturated heterocycles. The molecule has 0 aromatic carbocycles. The highest BCUT2D eigenvalue weighted by Crippen LogP contribution is 2.38. The van der Waals surface area contributed by atoms with E-state index < -0.39 is 73.4 Å². The van der Waals surface area contributed by atoms with Crippen molar-refractivity contribution in [1.82, 2.24) is 25.5 Å². The van der Waals surface area contributed by atoms with Gasteiger partial charge in [0.05, 0.1) is 32.7 Å². The molecule has 1 aliphatic carbocycles. The zero-order valence-corrected chi connectivity index (χ0v) is 24.0. The van der Waals surface area contributed by atoms with Crippen LogP contribution in [-0.4, -0.2) is 84.3 Å². The third-order valence-electron chi connectivity index (χ3n) is 7.66. The number of alkyl halides is 5. The Bertz CT molecular complexity index is 1320. The maximum atomic E-state index is 13.9. The number of carbonyl (C=O) groups is 3. The highest BCUT2D eigenvalue weighted by molar-refractivity contribution is 5.97. The van der Waals surface area contributed by atoms with Gasteiger partial charge in [-0.25, -0.2) is 23.5 Å². The Morgan fingerprint density at radius 2 is 1.89 bits per heavy atom. The number of hydrogen-bond acceptors (Lipinski definition) is 7. The highest BCUT2D eigenvalue weighted by Gasteiger charge is 2.48. The molecule has 2 aromatic heterocycles. The van der Waals surface area contributed by atoms with Crippen LogP contribution in [0.5, 0.6) is 5.88 Å². The molecule has 2 aromatic rings. The Morgan fingerprint density at radius 1 is 1.16 bits per heavy atom. The lowest BCUT2D eigenvalue weighted by Crippen LogP contribution is -2.50. The monoisotopic (exact) mass is 628 g/mol. The van der Waals surface area contributed by atoms with E-state index in [4.69, 9.17) is 9.47 Å². The second kappa shape index (κ2) is 13.7. The maximum absolute atomic E-state index is 13.9. The molecule has 44 heavy (non-hydrogen) atoms. The van der Waals surface area contributed by atoms with Gasteiger partial charge < -0.3 is 30.3 Å². The van der Waals surface area contributed by atoms with Crippen molar-refractivity contribution in [2.75, 3.05) is 32.7 Å². The molecule has 3 atom stereocenters. The number of aromatic nitrogens is 2. The first-order valence-corrected chi connectivity index (χ1v) is 13.9. The zero-order chi connectivity index (χ0) is 32.1. The lowest BCUT2D eigenvalue weighted by Gasteiger charge is -2.33. The van der Waals surface area contributed by atoms with E-state index in [0.29, 0.717) is 17.0 Å². The largest absolute Gasteiger partial charge is 0.481 e. The van der Waals surface area contributed by atoms with Crippen molar-refractivity contribution in [3.63, 3.8) is 0 Å². The zero-order valence-electron chi connectivity index (χ0n) is 24.0. The SMILES string of the molecule is COC[C@H](c1ccnc(NC(=O)[C@@H](NC(=O)Cc2ccc(OC)nc2)C2CCC(F)(F)CC2)c1)N1C[C@@H](C(F)(F)F)NC1=O. The predicted octanol–water partition coefficient (Wildman–Crippen LogP) is 3.62. The van der Waals surface area contributed by atoms with Crippen LogP contribution in [-0.2, 0) is 20.7 Å². The van der Waals surface area contributed by atoms with Crippen LogP contribution in [0.2, 0.25) is 0 Å². The molecule has 16 heteroatoms. The van der Waals surface area contributed by atoms with Crippen LogP contribution in [0, 0.1) is 5.92 Å². The smallest absolute Gasteiger partial charge is 0.410 e. The molecule has 1 saturated carbocycles. The first-order chi connectivity index (χ1) is 20.8. The fourth-order valence-corrected chi connectivity index (χ4v) is 5.30. The topological polar surface area (TPSA) is 135 Å². The average molecular weight is 629 g/mol. The van der Waals surface area contributed by atoms with E-state index in [9.17, 15) is 36.3 Å². The van der Waals surface area contributed by atoms with E-state index in [1.165, 1.54) is 38.7 Å². The first kappa shape index (κ1) is 32.8. The number of halogens is 5. The van der Waals surface area contributed by atoms with E-state index in [1.54, 1.807) is 12.1 Å². The number of nitrogens with zero attached hydrogens (tertiary/aromatic N) is 3. The van der Waals surface area contributed by atoms with Gasteiger partial charge in [-0.1, -0.05) is 6.07 Å². The predicted molar refractivity (Wildman–Crippen MR) is 146 cm³/mol. The summed E-state index contributed by atoms with van der Waals surface area (Å²) in [4.78, 5) is 48.0. The van der Waals surface area contributed by atoms with Gasteiger partial charge in [0.15, 0.2) is 0 Å². The van der Waals surface area contributed by atoms with Crippen LogP contribution < -0.4 is 20.7 Å². The molecule has 0 bridgehead atoms. The number of pyridine rings is 2. The molecule has 4 amide bonds. The second-order valence-electron chi connectivity index (χ2n) is 10.8. The number of hydrogen-bond donors (Lipinski definition) is 3. The maximum Gasteiger partial charge on any atom is 0.410 e. The Balaban J connectivity index is 1.51. The number of urea groups is 1. The van der Waals surface area contributed by atoms with E-state index in [-0.39, 0.29) is 31.7 Å². The van der Waals surface area contributed by atoms with Crippen molar-refractivity contribution in [3.05, 3.63) is 47.8 Å². The Morgan fingerprint density at radius 3 is 2.48 bits per heavy atom. The minimum absolute atomic E-state index is 0.0106. The van der Waals surface area contributed by atoms with E-state index in [1.807, 2.05) is 5.32 Å². The van der Waals surface area contributed by atoms with Crippen LogP contribution in [0.4, 0.5) is 32.6 Å². The van der Waals surface area contributed by atoms with Crippen molar-refractivity contribution >= 4 is 23.7 Å². The van der Waals surface area contributed by atoms with Gasteiger partial charge in [0, 0.05) is 38.4 Å². The number of amides is 4. The summed E-state index contributed by atoms with van der Waals surface area (Å²) in [5, 5.41) is 7.18. The summed E-state index contributed by atoms with van der Waals surface area (Å²) < 4.78 is 77.8. The van der Waals surface area contributed by atoms with Gasteiger partial charge in [0.25, 0.3) is 0 Å². The standard InChI is InChI=1S/C28H33F5N6O5/c1-43-15-19(39-14-20(28(31,32)33)36-26(39)42)18-7-10-34-21(12-18)37-25(41)24(17-5-8-27(29,30)9-6-17)38-22(40)11-16-3-4-23(44-2)35-13-16/h3-4,7,10,12-13,17,19-20,24H,5-6,8-9,11,14-15H2,1-2H3,(H,36,42)(H,38,40)(H,34,37,41)/t19-,20+,24+/m1/s1. The summed E-state index contributed by atoms with van der Waals surface area (Å²) in [6, 6.07) is 0.941. The Kier molecular flexibility index (Phi) is 10.2. The normalized spacial score (nSPS) is 20.0. The molecule has 0 unspecified atom stereocenters. The average Bonchev–Trinajstić information content (AvgIpc) is 3.37. The molecule has 2 fully saturated rings. The molecular formula is C28H33F5N6O5. The van der Waals surface area contributed by atoms with E-state index in [2.05, 4.69) is 20.6 Å². The Labute approximate surface area is 249 Å². The molecule has 1 aliphatic heterocycles. The summed E-state index contributed by atoms with van der Waals surface area (Å²) >= 11 is 0. The lowest BCUT2D eigenvalue weighted by atomic mass is 9.81. The van der Waals surface area contributed by atoms with E-state index >= 15 is 0 Å². The fourth-order valence-electron chi connectivity index (χ4n) is 5.30. The van der Waals surface area contributed by atoms with Gasteiger partial charge in [-0.3, -0.25) is 9.59 Å². The van der Waals surface area contributed by atoms with Gasteiger partial charge >= 0.3 is 12.2 Å². The van der Waals surface area contributed by atoms with E-state index in [0.717, 1.165) is 4.90 Å². The van der Waals surface area contributed by atoms with Crippen molar-refractivity contribution < 1.29 is 45.8 Å². The van der Waals surface area contributed by atoms with Crippen molar-refractivity contribution in [1.29, 1.82) is 0 Å². The molecule has 11 nitrogen and oxygen atoms in total. The molecule has 4 rings (SSSR count). The van der Waals surface area contributed by atoms with Gasteiger partial charge in [-0.05, 0) is 42.0 Å². The minimum atomic E-state index is -4.65. The van der Waals surface area contributed by atoms with Crippen LogP contribution in [0.25, 0.3) is 0 Å². The fraction of sp³-hybridized carbons (Fsp3) is 0.536. The van der Waals surface area contributed by atoms with Gasteiger partial charge in [-0.15, -0.1) is 0 Å². The van der Waals surface area contributed by atoms with Crippen LogP contribution in [0.15, 0.2) is 36.7 Å². The van der Waals surface area contributed by atoms with Crippen LogP contribution in [0.1, 0.15) is 42.9 Å². The molecule has 3 heterocycles. The molecular weight excluding hydrogens is 595 g/mol. The van der Waals surface area contributed by atoms with Gasteiger partial charge in [-0.2, -0.15) is 13.2 Å². The molecule has 2 aliphatic rings. The number of nitrogens with one attached hydrogen (secondary N) is 3. The molecule has 0 radical (unpaired) electrons. The highest BCUT2D eigenvalue weighted by atomic mass is 19.4. The molecule has 0 spiro atoms. The third-order valence-corrected chi connectivity index (χ3v) is 7.66. The number of carbonyl (C=O) groups excluding carboxylic acids is 3. The summed E-state index contributed by atoms with van der Waals surface area (Å²) in [6.07, 6.45) is -2.94. The third kappa shape index (κ3) is 8.30. The minimum Gasteiger partial charge on any atom is -0.481 e. The summed E-state index contributed by atoms with van der Waals surface area (Å²) in [5.74, 6) is -4.36. The number of ether oxygens (including phenoxy) is 2. The van der Waals surface area contributed by atoms with Crippen LogP contribution >= 0.6 is 0 Å². The van der Waals surface area contributed by atoms with Gasteiger partial charge in [0.1, 0.15) is 17.9 Å². The van der Waals surface area contributed by atoms with Gasteiger partial charge in [0.2, 0.25) is 23.6 Å². The Hall–Kier alpha value is -4.08. The van der Waals surface area contributed by atoms with Crippen molar-refractivity contribution in [2.24, 2.45) is 5.92 Å². The number of methoxy groups -OCH3 is 2. The first-order valence-electron chi connectivity index (χ1n) is 13.9. The van der Waals surface area contributed by atoms with Crippen LogP contribution in [0.3, 0.4) is 0 Å². The molecule has 240 valence electrons. The lowest BCUT2D eigenvalue weighted by molar-refractivity contribution is -0.150. The van der Waals surface area contributed by atoms with Crippen molar-refractivity contribution in [2.45, 2.75) is 62.3 Å². The van der Waals surface area contributed by atoms with Crippen molar-refractivity contribution in [3.8, 4) is 5.88 Å². The number of anilines is 1. The molecule has 3 N–H and O–H groups in total. The summed E-state index contributed by atoms with van der Waals surface area (Å²) in [6.45, 7) is -0.797. The second-order valence-corrected chi connectivity index (χ2v) is 10.8. The quantitative estimate of drug-likeness (QED) is 0.324. The summed E-state index contributed by atoms with van der Waals surface area (Å²) in [5.41, 5.74) is 0.870. The number of rotatable bonds is 11. The summed E-state index contributed by atoms with van der Waals surface area (Å²) in [7, 11) is 2.77.